The highest BCUT2D eigenvalue weighted by Crippen LogP contribution is 2.12. The maximum absolute atomic E-state index is 8.53. The summed E-state index contributed by atoms with van der Waals surface area (Å²) in [5.41, 5.74) is 2.56. The van der Waals surface area contributed by atoms with Gasteiger partial charge in [-0.15, -0.1) is 0 Å². The van der Waals surface area contributed by atoms with Crippen molar-refractivity contribution in [2.75, 3.05) is 26.4 Å². The molecule has 1 aromatic carbocycles. The van der Waals surface area contributed by atoms with Crippen LogP contribution in [-0.2, 0) is 4.74 Å². The van der Waals surface area contributed by atoms with Crippen LogP contribution in [0.1, 0.15) is 24.1 Å². The van der Waals surface area contributed by atoms with E-state index in [2.05, 4.69) is 43.4 Å². The zero-order chi connectivity index (χ0) is 11.8. The molecule has 0 aliphatic carbocycles. The predicted octanol–water partition coefficient (Wildman–Crippen LogP) is 1.65. The molecule has 0 aliphatic heterocycles. The summed E-state index contributed by atoms with van der Waals surface area (Å²) in [6.45, 7) is 6.17. The van der Waals surface area contributed by atoms with Crippen LogP contribution in [-0.4, -0.2) is 31.5 Å². The van der Waals surface area contributed by atoms with Crippen molar-refractivity contribution < 1.29 is 9.84 Å². The number of hydrogen-bond donors (Lipinski definition) is 2. The molecule has 0 amide bonds. The van der Waals surface area contributed by atoms with Crippen molar-refractivity contribution in [2.24, 2.45) is 0 Å². The molecule has 0 radical (unpaired) electrons. The maximum atomic E-state index is 8.53. The van der Waals surface area contributed by atoms with Crippen LogP contribution in [0, 0.1) is 6.92 Å². The lowest BCUT2D eigenvalue weighted by Crippen LogP contribution is -2.23. The summed E-state index contributed by atoms with van der Waals surface area (Å²) in [6, 6.07) is 8.85. The highest BCUT2D eigenvalue weighted by Gasteiger charge is 2.03. The first-order chi connectivity index (χ1) is 7.74. The van der Waals surface area contributed by atoms with Crippen LogP contribution in [0.15, 0.2) is 24.3 Å². The molecule has 1 aromatic rings. The van der Waals surface area contributed by atoms with Crippen LogP contribution >= 0.6 is 0 Å². The molecule has 3 nitrogen and oxygen atoms in total. The van der Waals surface area contributed by atoms with Crippen LogP contribution in [0.25, 0.3) is 0 Å². The van der Waals surface area contributed by atoms with E-state index in [4.69, 9.17) is 9.84 Å². The van der Waals surface area contributed by atoms with Crippen molar-refractivity contribution in [3.63, 3.8) is 0 Å². The number of aliphatic hydroxyl groups is 1. The number of hydrogen-bond acceptors (Lipinski definition) is 3. The second-order valence-corrected chi connectivity index (χ2v) is 3.92. The van der Waals surface area contributed by atoms with Gasteiger partial charge in [-0.1, -0.05) is 29.8 Å². The minimum absolute atomic E-state index is 0.0908. The number of nitrogens with one attached hydrogen (secondary N) is 1. The molecule has 0 unspecified atom stereocenters. The quantitative estimate of drug-likeness (QED) is 0.691. The molecule has 0 aromatic heterocycles. The molecule has 0 saturated carbocycles. The van der Waals surface area contributed by atoms with Gasteiger partial charge in [0.15, 0.2) is 0 Å². The van der Waals surface area contributed by atoms with Gasteiger partial charge in [0.2, 0.25) is 0 Å². The van der Waals surface area contributed by atoms with Gasteiger partial charge in [0, 0.05) is 12.6 Å². The molecule has 16 heavy (non-hydrogen) atoms. The van der Waals surface area contributed by atoms with Crippen molar-refractivity contribution in [2.45, 2.75) is 19.9 Å². The molecule has 0 fully saturated rings. The first kappa shape index (κ1) is 13.2. The Bertz CT molecular complexity index is 284. The minimum atomic E-state index is 0.0908. The summed E-state index contributed by atoms with van der Waals surface area (Å²) in [5, 5.41) is 11.9. The van der Waals surface area contributed by atoms with Gasteiger partial charge in [-0.2, -0.15) is 0 Å². The van der Waals surface area contributed by atoms with E-state index in [1.807, 2.05) is 0 Å². The molecule has 1 rings (SSSR count). The van der Waals surface area contributed by atoms with Gasteiger partial charge < -0.3 is 15.2 Å². The lowest BCUT2D eigenvalue weighted by atomic mass is 10.1. The van der Waals surface area contributed by atoms with Crippen molar-refractivity contribution in [1.82, 2.24) is 5.32 Å². The maximum Gasteiger partial charge on any atom is 0.0698 e. The van der Waals surface area contributed by atoms with Gasteiger partial charge in [0.25, 0.3) is 0 Å². The lowest BCUT2D eigenvalue weighted by Gasteiger charge is -2.14. The molecule has 0 saturated heterocycles. The van der Waals surface area contributed by atoms with Gasteiger partial charge >= 0.3 is 0 Å². The molecule has 0 heterocycles. The number of benzene rings is 1. The normalized spacial score (nSPS) is 12.7. The molecule has 0 spiro atoms. The average Bonchev–Trinajstić information content (AvgIpc) is 2.29. The fraction of sp³-hybridized carbons (Fsp3) is 0.538. The Morgan fingerprint density at radius 1 is 1.25 bits per heavy atom. The van der Waals surface area contributed by atoms with Gasteiger partial charge in [-0.25, -0.2) is 0 Å². The van der Waals surface area contributed by atoms with Gasteiger partial charge in [0.05, 0.1) is 19.8 Å². The second-order valence-electron chi connectivity index (χ2n) is 3.92. The van der Waals surface area contributed by atoms with E-state index in [9.17, 15) is 0 Å². The minimum Gasteiger partial charge on any atom is -0.394 e. The lowest BCUT2D eigenvalue weighted by molar-refractivity contribution is 0.0928. The smallest absolute Gasteiger partial charge is 0.0698 e. The fourth-order valence-corrected chi connectivity index (χ4v) is 1.49. The Balaban J connectivity index is 2.24. The van der Waals surface area contributed by atoms with Crippen molar-refractivity contribution >= 4 is 0 Å². The summed E-state index contributed by atoms with van der Waals surface area (Å²) in [6.07, 6.45) is 0. The Hall–Kier alpha value is -0.900. The molecule has 1 atom stereocenters. The van der Waals surface area contributed by atoms with Gasteiger partial charge in [-0.3, -0.25) is 0 Å². The van der Waals surface area contributed by atoms with E-state index in [1.54, 1.807) is 0 Å². The molecular weight excluding hydrogens is 202 g/mol. The predicted molar refractivity (Wildman–Crippen MR) is 65.5 cm³/mol. The highest BCUT2D eigenvalue weighted by molar-refractivity contribution is 5.23. The summed E-state index contributed by atoms with van der Waals surface area (Å²) < 4.78 is 5.18. The van der Waals surface area contributed by atoms with E-state index in [0.717, 1.165) is 6.54 Å². The molecule has 90 valence electrons. The van der Waals surface area contributed by atoms with Crippen LogP contribution in [0.3, 0.4) is 0 Å². The molecule has 0 bridgehead atoms. The third-order valence-electron chi connectivity index (χ3n) is 2.51. The van der Waals surface area contributed by atoms with Crippen molar-refractivity contribution in [3.05, 3.63) is 35.4 Å². The van der Waals surface area contributed by atoms with E-state index in [-0.39, 0.29) is 6.61 Å². The summed E-state index contributed by atoms with van der Waals surface area (Å²) in [5.74, 6) is 0. The van der Waals surface area contributed by atoms with Crippen LogP contribution in [0.2, 0.25) is 0 Å². The summed E-state index contributed by atoms with van der Waals surface area (Å²) in [4.78, 5) is 0. The third kappa shape index (κ3) is 4.75. The van der Waals surface area contributed by atoms with Crippen LogP contribution in [0.5, 0.6) is 0 Å². The topological polar surface area (TPSA) is 41.5 Å². The Morgan fingerprint density at radius 2 is 1.94 bits per heavy atom. The van der Waals surface area contributed by atoms with Gasteiger partial charge in [-0.05, 0) is 19.4 Å². The van der Waals surface area contributed by atoms with Gasteiger partial charge in [0.1, 0.15) is 0 Å². The highest BCUT2D eigenvalue weighted by atomic mass is 16.5. The van der Waals surface area contributed by atoms with E-state index >= 15 is 0 Å². The average molecular weight is 223 g/mol. The number of aryl methyl sites for hydroxylation is 1. The third-order valence-corrected chi connectivity index (χ3v) is 2.51. The first-order valence-electron chi connectivity index (χ1n) is 5.72. The molecule has 2 N–H and O–H groups in total. The van der Waals surface area contributed by atoms with Crippen molar-refractivity contribution in [3.8, 4) is 0 Å². The molecule has 0 aliphatic rings. The summed E-state index contributed by atoms with van der Waals surface area (Å²) >= 11 is 0. The van der Waals surface area contributed by atoms with E-state index in [1.165, 1.54) is 11.1 Å². The first-order valence-corrected chi connectivity index (χ1v) is 5.72. The summed E-state index contributed by atoms with van der Waals surface area (Å²) in [7, 11) is 0. The van der Waals surface area contributed by atoms with Crippen molar-refractivity contribution in [1.29, 1.82) is 0 Å². The number of rotatable bonds is 7. The standard InChI is InChI=1S/C13H21NO2/c1-11-3-5-13(6-4-11)12(2)14-7-9-16-10-8-15/h3-6,12,14-15H,7-10H2,1-2H3/t12-/m0/s1. The van der Waals surface area contributed by atoms with E-state index < -0.39 is 0 Å². The SMILES string of the molecule is Cc1ccc([C@H](C)NCCOCCO)cc1. The number of ether oxygens (including phenoxy) is 1. The molecule has 3 heteroatoms. The number of aliphatic hydroxyl groups excluding tert-OH is 1. The van der Waals surface area contributed by atoms with Crippen LogP contribution < -0.4 is 5.32 Å². The monoisotopic (exact) mass is 223 g/mol. The zero-order valence-corrected chi connectivity index (χ0v) is 10.1. The molecular formula is C13H21NO2. The Labute approximate surface area is 97.4 Å². The fourth-order valence-electron chi connectivity index (χ4n) is 1.49. The van der Waals surface area contributed by atoms with Crippen LogP contribution in [0.4, 0.5) is 0 Å². The van der Waals surface area contributed by atoms with E-state index in [0.29, 0.717) is 19.3 Å². The Morgan fingerprint density at radius 3 is 2.56 bits per heavy atom. The largest absolute Gasteiger partial charge is 0.394 e. The second kappa shape index (κ2) is 7.39. The Kier molecular flexibility index (Phi) is 6.08. The zero-order valence-electron chi connectivity index (χ0n) is 10.1.